The zero-order chi connectivity index (χ0) is 15.9. The van der Waals surface area contributed by atoms with Gasteiger partial charge in [-0.2, -0.15) is 5.10 Å². The normalized spacial score (nSPS) is 16.6. The Labute approximate surface area is 139 Å². The van der Waals surface area contributed by atoms with Crippen LogP contribution in [-0.4, -0.2) is 31.5 Å². The molecule has 5 nitrogen and oxygen atoms in total. The molecule has 0 aliphatic carbocycles. The molecule has 1 aromatic carbocycles. The molecule has 118 valence electrons. The fourth-order valence-electron chi connectivity index (χ4n) is 2.16. The van der Waals surface area contributed by atoms with Crippen LogP contribution < -0.4 is 10.7 Å². The zero-order valence-corrected chi connectivity index (χ0v) is 13.5. The number of rotatable bonds is 6. The summed E-state index contributed by atoms with van der Waals surface area (Å²) in [7, 11) is 0. The third-order valence-corrected chi connectivity index (χ3v) is 3.97. The highest BCUT2D eigenvalue weighted by Gasteiger charge is 2.23. The van der Waals surface area contributed by atoms with E-state index >= 15 is 0 Å². The van der Waals surface area contributed by atoms with Gasteiger partial charge in [0.1, 0.15) is 6.61 Å². The maximum absolute atomic E-state index is 11.4. The maximum Gasteiger partial charge on any atom is 0.407 e. The van der Waals surface area contributed by atoms with Crippen molar-refractivity contribution in [2.24, 2.45) is 11.0 Å². The summed E-state index contributed by atoms with van der Waals surface area (Å²) in [5.41, 5.74) is 4.83. The molecule has 1 unspecified atom stereocenters. The Kier molecular flexibility index (Phi) is 6.10. The van der Waals surface area contributed by atoms with Gasteiger partial charge in [-0.25, -0.2) is 4.79 Å². The monoisotopic (exact) mass is 341 g/mol. The van der Waals surface area contributed by atoms with Crippen LogP contribution in [0.3, 0.4) is 0 Å². The van der Waals surface area contributed by atoms with Crippen LogP contribution in [0, 0.1) is 5.92 Å². The van der Waals surface area contributed by atoms with Crippen molar-refractivity contribution < 1.29 is 9.53 Å². The van der Waals surface area contributed by atoms with Crippen LogP contribution in [0.15, 0.2) is 36.0 Å². The van der Waals surface area contributed by atoms with Crippen molar-refractivity contribution in [3.8, 4) is 0 Å². The SMILES string of the molecule is C=CCOC(=O)NCCC1CNN=C1c1ccc(Cl)c(Cl)c1. The molecule has 1 aliphatic rings. The molecular weight excluding hydrogens is 325 g/mol. The molecule has 1 heterocycles. The molecule has 1 amide bonds. The average molecular weight is 342 g/mol. The van der Waals surface area contributed by atoms with Crippen molar-refractivity contribution in [1.82, 2.24) is 10.7 Å². The zero-order valence-electron chi connectivity index (χ0n) is 11.9. The number of hydrazone groups is 1. The molecular formula is C15H17Cl2N3O2. The third-order valence-electron chi connectivity index (χ3n) is 3.23. The Hall–Kier alpha value is -1.72. The second kappa shape index (κ2) is 8.06. The minimum absolute atomic E-state index is 0.192. The van der Waals surface area contributed by atoms with Gasteiger partial charge in [0.15, 0.2) is 0 Å². The van der Waals surface area contributed by atoms with Gasteiger partial charge >= 0.3 is 6.09 Å². The number of carbonyl (C=O) groups is 1. The van der Waals surface area contributed by atoms with E-state index in [-0.39, 0.29) is 12.5 Å². The lowest BCUT2D eigenvalue weighted by Gasteiger charge is -2.13. The van der Waals surface area contributed by atoms with Crippen molar-refractivity contribution in [2.45, 2.75) is 6.42 Å². The summed E-state index contributed by atoms with van der Waals surface area (Å²) in [5, 5.41) is 8.02. The molecule has 1 aromatic rings. The Morgan fingerprint density at radius 1 is 1.50 bits per heavy atom. The minimum atomic E-state index is -0.445. The first-order valence-corrected chi connectivity index (χ1v) is 7.64. The summed E-state index contributed by atoms with van der Waals surface area (Å²) in [5.74, 6) is 0.192. The van der Waals surface area contributed by atoms with E-state index in [4.69, 9.17) is 27.9 Å². The summed E-state index contributed by atoms with van der Waals surface area (Å²) in [6.45, 7) is 4.91. The van der Waals surface area contributed by atoms with E-state index in [1.165, 1.54) is 6.08 Å². The number of hydrogen-bond donors (Lipinski definition) is 2. The third kappa shape index (κ3) is 4.39. The van der Waals surface area contributed by atoms with E-state index in [1.807, 2.05) is 6.07 Å². The second-order valence-electron chi connectivity index (χ2n) is 4.79. The number of alkyl carbamates (subject to hydrolysis) is 1. The number of hydrogen-bond acceptors (Lipinski definition) is 4. The first-order valence-electron chi connectivity index (χ1n) is 6.89. The van der Waals surface area contributed by atoms with Crippen molar-refractivity contribution >= 4 is 35.0 Å². The summed E-state index contributed by atoms with van der Waals surface area (Å²) < 4.78 is 4.85. The van der Waals surface area contributed by atoms with Gasteiger partial charge in [-0.15, -0.1) is 0 Å². The van der Waals surface area contributed by atoms with Gasteiger partial charge in [-0.05, 0) is 24.1 Å². The van der Waals surface area contributed by atoms with Gasteiger partial charge < -0.3 is 15.5 Å². The lowest BCUT2D eigenvalue weighted by molar-refractivity contribution is 0.158. The molecule has 0 radical (unpaired) electrons. The number of nitrogens with one attached hydrogen (secondary N) is 2. The van der Waals surface area contributed by atoms with Crippen LogP contribution in [0.25, 0.3) is 0 Å². The highest BCUT2D eigenvalue weighted by Crippen LogP contribution is 2.25. The second-order valence-corrected chi connectivity index (χ2v) is 5.60. The van der Waals surface area contributed by atoms with Crippen LogP contribution >= 0.6 is 23.2 Å². The Morgan fingerprint density at radius 2 is 2.32 bits per heavy atom. The van der Waals surface area contributed by atoms with E-state index in [0.29, 0.717) is 16.6 Å². The number of nitrogens with zero attached hydrogens (tertiary/aromatic N) is 1. The van der Waals surface area contributed by atoms with Crippen molar-refractivity contribution in [2.75, 3.05) is 19.7 Å². The van der Waals surface area contributed by atoms with Crippen LogP contribution in [0.4, 0.5) is 4.79 Å². The number of benzene rings is 1. The van der Waals surface area contributed by atoms with Gasteiger partial charge in [0.05, 0.1) is 15.8 Å². The molecule has 0 spiro atoms. The van der Waals surface area contributed by atoms with E-state index in [1.54, 1.807) is 12.1 Å². The van der Waals surface area contributed by atoms with E-state index in [0.717, 1.165) is 24.2 Å². The smallest absolute Gasteiger partial charge is 0.407 e. The molecule has 0 bridgehead atoms. The van der Waals surface area contributed by atoms with Gasteiger partial charge in [-0.3, -0.25) is 0 Å². The molecule has 2 rings (SSSR count). The number of halogens is 2. The highest BCUT2D eigenvalue weighted by atomic mass is 35.5. The molecule has 2 N–H and O–H groups in total. The lowest BCUT2D eigenvalue weighted by Crippen LogP contribution is -2.29. The molecule has 0 fully saturated rings. The number of ether oxygens (including phenoxy) is 1. The lowest BCUT2D eigenvalue weighted by atomic mass is 9.95. The molecule has 0 saturated carbocycles. The molecule has 1 atom stereocenters. The highest BCUT2D eigenvalue weighted by molar-refractivity contribution is 6.42. The summed E-state index contributed by atoms with van der Waals surface area (Å²) >= 11 is 12.0. The standard InChI is InChI=1S/C15H17Cl2N3O2/c1-2-7-22-15(21)18-6-5-11-9-19-20-14(11)10-3-4-12(16)13(17)8-10/h2-4,8,11,19H,1,5-7,9H2,(H,18,21). The van der Waals surface area contributed by atoms with Gasteiger partial charge in [0, 0.05) is 19.0 Å². The summed E-state index contributed by atoms with van der Waals surface area (Å²) in [6, 6.07) is 5.44. The first-order chi connectivity index (χ1) is 10.6. The van der Waals surface area contributed by atoms with Crippen molar-refractivity contribution in [3.05, 3.63) is 46.5 Å². The molecule has 7 heteroatoms. The molecule has 0 aromatic heterocycles. The van der Waals surface area contributed by atoms with E-state index in [9.17, 15) is 4.79 Å². The summed E-state index contributed by atoms with van der Waals surface area (Å²) in [6.07, 6.45) is 1.82. The minimum Gasteiger partial charge on any atom is -0.445 e. The fraction of sp³-hybridized carbons (Fsp3) is 0.333. The van der Waals surface area contributed by atoms with E-state index in [2.05, 4.69) is 22.4 Å². The van der Waals surface area contributed by atoms with E-state index < -0.39 is 6.09 Å². The Bertz CT molecular complexity index is 590. The Balaban J connectivity index is 1.89. The first kappa shape index (κ1) is 16.6. The molecule has 0 saturated heterocycles. The van der Waals surface area contributed by atoms with Gasteiger partial charge in [-0.1, -0.05) is 41.9 Å². The Morgan fingerprint density at radius 3 is 3.05 bits per heavy atom. The van der Waals surface area contributed by atoms with Crippen LogP contribution in [0.5, 0.6) is 0 Å². The van der Waals surface area contributed by atoms with Crippen LogP contribution in [-0.2, 0) is 4.74 Å². The number of amides is 1. The van der Waals surface area contributed by atoms with Gasteiger partial charge in [0.2, 0.25) is 0 Å². The average Bonchev–Trinajstić information content (AvgIpc) is 2.96. The molecule has 1 aliphatic heterocycles. The fourth-order valence-corrected chi connectivity index (χ4v) is 2.46. The predicted molar refractivity (Wildman–Crippen MR) is 88.7 cm³/mol. The topological polar surface area (TPSA) is 62.7 Å². The van der Waals surface area contributed by atoms with Crippen LogP contribution in [0.2, 0.25) is 10.0 Å². The predicted octanol–water partition coefficient (Wildman–Crippen LogP) is 3.22. The maximum atomic E-state index is 11.4. The molecule has 22 heavy (non-hydrogen) atoms. The largest absolute Gasteiger partial charge is 0.445 e. The summed E-state index contributed by atoms with van der Waals surface area (Å²) in [4.78, 5) is 11.4. The number of carbonyl (C=O) groups excluding carboxylic acids is 1. The van der Waals surface area contributed by atoms with Crippen molar-refractivity contribution in [1.29, 1.82) is 0 Å². The van der Waals surface area contributed by atoms with Gasteiger partial charge in [0.25, 0.3) is 0 Å². The van der Waals surface area contributed by atoms with Crippen LogP contribution in [0.1, 0.15) is 12.0 Å². The quantitative estimate of drug-likeness (QED) is 0.781. The van der Waals surface area contributed by atoms with Crippen molar-refractivity contribution in [3.63, 3.8) is 0 Å².